The van der Waals surface area contributed by atoms with Gasteiger partial charge in [0.25, 0.3) is 5.56 Å². The summed E-state index contributed by atoms with van der Waals surface area (Å²) in [6, 6.07) is 13.1. The molecular formula is C27H34N6O2. The van der Waals surface area contributed by atoms with Crippen LogP contribution in [0.1, 0.15) is 41.6 Å². The molecule has 8 heteroatoms. The van der Waals surface area contributed by atoms with Gasteiger partial charge in [0.1, 0.15) is 11.5 Å². The number of aromatic nitrogens is 2. The van der Waals surface area contributed by atoms with Crippen LogP contribution in [-0.4, -0.2) is 65.3 Å². The molecule has 3 N–H and O–H groups in total. The summed E-state index contributed by atoms with van der Waals surface area (Å²) >= 11 is 0. The first kappa shape index (κ1) is 24.6. The first-order valence-electron chi connectivity index (χ1n) is 12.0. The van der Waals surface area contributed by atoms with E-state index in [-0.39, 0.29) is 17.3 Å². The van der Waals surface area contributed by atoms with E-state index >= 15 is 0 Å². The molecule has 8 nitrogen and oxygen atoms in total. The van der Waals surface area contributed by atoms with Gasteiger partial charge in [-0.15, -0.1) is 0 Å². The minimum absolute atomic E-state index is 0.00993. The number of rotatable bonds is 9. The first-order valence-corrected chi connectivity index (χ1v) is 12.0. The normalized spacial score (nSPS) is 14.3. The Kier molecular flexibility index (Phi) is 6.76. The minimum Gasteiger partial charge on any atom is -0.384 e. The van der Waals surface area contributed by atoms with Crippen molar-refractivity contribution in [3.8, 4) is 0 Å². The molecule has 2 aromatic carbocycles. The number of amidine groups is 1. The molecule has 1 heterocycles. The zero-order chi connectivity index (χ0) is 25.3. The highest BCUT2D eigenvalue weighted by Gasteiger charge is 2.52. The van der Waals surface area contributed by atoms with Gasteiger partial charge in [-0.1, -0.05) is 30.3 Å². The van der Waals surface area contributed by atoms with E-state index in [1.54, 1.807) is 23.7 Å². The average Bonchev–Trinajstić information content (AvgIpc) is 3.63. The van der Waals surface area contributed by atoms with E-state index in [1.165, 1.54) is 0 Å². The van der Waals surface area contributed by atoms with E-state index < -0.39 is 5.41 Å². The van der Waals surface area contributed by atoms with Crippen molar-refractivity contribution in [2.24, 2.45) is 12.8 Å². The molecule has 1 aromatic heterocycles. The van der Waals surface area contributed by atoms with Crippen molar-refractivity contribution in [1.82, 2.24) is 19.4 Å². The van der Waals surface area contributed by atoms with Gasteiger partial charge < -0.3 is 20.1 Å². The second-order valence-electron chi connectivity index (χ2n) is 9.88. The van der Waals surface area contributed by atoms with Gasteiger partial charge in [-0.2, -0.15) is 0 Å². The predicted octanol–water partition coefficient (Wildman–Crippen LogP) is 2.25. The molecule has 1 aliphatic carbocycles. The number of carbonyl (C=O) groups is 1. The lowest BCUT2D eigenvalue weighted by Gasteiger charge is -2.25. The van der Waals surface area contributed by atoms with Gasteiger partial charge in [0.2, 0.25) is 5.91 Å². The standard InChI is InChI=1S/C27H34N6O2/c1-31(2)14-5-15-32(3)26(35)27(12-13-27)20-10-11-23-21(17-20)30-22(25(34)33(23)4)16-18-6-8-19(9-7-18)24(28)29/h6-11,17H,5,12-16H2,1-4H3,(H3,28,29). The van der Waals surface area contributed by atoms with Crippen molar-refractivity contribution < 1.29 is 4.79 Å². The van der Waals surface area contributed by atoms with Crippen molar-refractivity contribution in [1.29, 1.82) is 5.41 Å². The number of nitrogen functional groups attached to an aromatic ring is 1. The van der Waals surface area contributed by atoms with Crippen LogP contribution in [0.4, 0.5) is 0 Å². The van der Waals surface area contributed by atoms with E-state index in [0.29, 0.717) is 23.2 Å². The number of carbonyl (C=O) groups excluding carboxylic acids is 1. The van der Waals surface area contributed by atoms with E-state index in [0.717, 1.165) is 49.0 Å². The van der Waals surface area contributed by atoms with E-state index in [9.17, 15) is 9.59 Å². The lowest BCUT2D eigenvalue weighted by atomic mass is 9.93. The van der Waals surface area contributed by atoms with Gasteiger partial charge >= 0.3 is 0 Å². The molecule has 184 valence electrons. The van der Waals surface area contributed by atoms with Gasteiger partial charge in [0, 0.05) is 32.6 Å². The molecule has 0 unspecified atom stereocenters. The second-order valence-corrected chi connectivity index (χ2v) is 9.88. The number of aryl methyl sites for hydroxylation is 1. The number of fused-ring (bicyclic) bond motifs is 1. The number of likely N-dealkylation sites (N-methyl/N-ethyl adjacent to an activating group) is 1. The summed E-state index contributed by atoms with van der Waals surface area (Å²) in [4.78, 5) is 35.1. The Morgan fingerprint density at radius 3 is 2.40 bits per heavy atom. The first-order chi connectivity index (χ1) is 16.6. The number of nitrogens with two attached hydrogens (primary N) is 1. The van der Waals surface area contributed by atoms with Crippen LogP contribution in [0, 0.1) is 5.41 Å². The fraction of sp³-hybridized carbons (Fsp3) is 0.407. The maximum atomic E-state index is 13.4. The van der Waals surface area contributed by atoms with Crippen molar-refractivity contribution in [3.05, 3.63) is 75.2 Å². The van der Waals surface area contributed by atoms with Gasteiger partial charge in [-0.25, -0.2) is 4.98 Å². The van der Waals surface area contributed by atoms with Crippen LogP contribution < -0.4 is 11.3 Å². The molecule has 1 fully saturated rings. The lowest BCUT2D eigenvalue weighted by molar-refractivity contribution is -0.132. The molecule has 0 aliphatic heterocycles. The number of hydrogen-bond donors (Lipinski definition) is 2. The molecule has 0 saturated heterocycles. The molecule has 1 amide bonds. The summed E-state index contributed by atoms with van der Waals surface area (Å²) in [5.74, 6) is 0.168. The topological polar surface area (TPSA) is 108 Å². The molecule has 3 aromatic rings. The van der Waals surface area contributed by atoms with Crippen molar-refractivity contribution in [2.75, 3.05) is 34.2 Å². The zero-order valence-corrected chi connectivity index (χ0v) is 21.0. The number of nitrogens with one attached hydrogen (secondary N) is 1. The third-order valence-electron chi connectivity index (χ3n) is 6.94. The van der Waals surface area contributed by atoms with Crippen LogP contribution in [0.3, 0.4) is 0 Å². The Balaban J connectivity index is 1.62. The second kappa shape index (κ2) is 9.62. The summed E-state index contributed by atoms with van der Waals surface area (Å²) in [7, 11) is 7.71. The molecule has 1 aliphatic rings. The van der Waals surface area contributed by atoms with Crippen molar-refractivity contribution in [2.45, 2.75) is 31.1 Å². The quantitative estimate of drug-likeness (QED) is 0.365. The Hall–Kier alpha value is -3.52. The largest absolute Gasteiger partial charge is 0.384 e. The van der Waals surface area contributed by atoms with Crippen molar-refractivity contribution >= 4 is 22.8 Å². The summed E-state index contributed by atoms with van der Waals surface area (Å²) in [5, 5.41) is 7.54. The highest BCUT2D eigenvalue weighted by atomic mass is 16.2. The van der Waals surface area contributed by atoms with Crippen LogP contribution in [0.2, 0.25) is 0 Å². The van der Waals surface area contributed by atoms with Crippen LogP contribution in [0.25, 0.3) is 11.0 Å². The molecule has 0 radical (unpaired) electrons. The van der Waals surface area contributed by atoms with E-state index in [2.05, 4.69) is 4.90 Å². The van der Waals surface area contributed by atoms with Gasteiger partial charge in [0.15, 0.2) is 0 Å². The third-order valence-corrected chi connectivity index (χ3v) is 6.94. The summed E-state index contributed by atoms with van der Waals surface area (Å²) in [5.41, 5.74) is 9.36. The summed E-state index contributed by atoms with van der Waals surface area (Å²) in [6.07, 6.45) is 2.97. The van der Waals surface area contributed by atoms with Crippen molar-refractivity contribution in [3.63, 3.8) is 0 Å². The molecule has 0 bridgehead atoms. The summed E-state index contributed by atoms with van der Waals surface area (Å²) in [6.45, 7) is 1.67. The summed E-state index contributed by atoms with van der Waals surface area (Å²) < 4.78 is 1.63. The van der Waals surface area contributed by atoms with Crippen LogP contribution >= 0.6 is 0 Å². The van der Waals surface area contributed by atoms with Gasteiger partial charge in [0.05, 0.1) is 16.4 Å². The smallest absolute Gasteiger partial charge is 0.272 e. The fourth-order valence-corrected chi connectivity index (χ4v) is 4.64. The Bertz CT molecular complexity index is 1320. The Morgan fingerprint density at radius 1 is 1.11 bits per heavy atom. The SMILES string of the molecule is CN(C)CCCN(C)C(=O)C1(c2ccc3c(c2)nc(Cc2ccc(C(=N)N)cc2)c(=O)n3C)CC1. The average molecular weight is 475 g/mol. The van der Waals surface area contributed by atoms with Gasteiger partial charge in [-0.3, -0.25) is 15.0 Å². The maximum Gasteiger partial charge on any atom is 0.272 e. The molecule has 0 atom stereocenters. The van der Waals surface area contributed by atoms with Crippen LogP contribution in [-0.2, 0) is 23.7 Å². The minimum atomic E-state index is -0.486. The number of nitrogens with zero attached hydrogens (tertiary/aromatic N) is 4. The fourth-order valence-electron chi connectivity index (χ4n) is 4.64. The Morgan fingerprint density at radius 2 is 1.80 bits per heavy atom. The Labute approximate surface area is 205 Å². The highest BCUT2D eigenvalue weighted by Crippen LogP contribution is 2.50. The van der Waals surface area contributed by atoms with Crippen LogP contribution in [0.15, 0.2) is 47.3 Å². The predicted molar refractivity (Wildman–Crippen MR) is 139 cm³/mol. The molecule has 1 saturated carbocycles. The van der Waals surface area contributed by atoms with Crippen LogP contribution in [0.5, 0.6) is 0 Å². The number of amides is 1. The molecule has 4 rings (SSSR count). The molecule has 35 heavy (non-hydrogen) atoms. The molecular weight excluding hydrogens is 440 g/mol. The third kappa shape index (κ3) is 4.98. The lowest BCUT2D eigenvalue weighted by Crippen LogP contribution is -2.38. The molecule has 0 spiro atoms. The van der Waals surface area contributed by atoms with Gasteiger partial charge in [-0.05, 0) is 63.2 Å². The van der Waals surface area contributed by atoms with E-state index in [1.807, 2.05) is 56.4 Å². The van der Waals surface area contributed by atoms with E-state index in [4.69, 9.17) is 16.1 Å². The number of hydrogen-bond acceptors (Lipinski definition) is 5. The maximum absolute atomic E-state index is 13.4. The highest BCUT2D eigenvalue weighted by molar-refractivity contribution is 5.95. The monoisotopic (exact) mass is 474 g/mol. The zero-order valence-electron chi connectivity index (χ0n) is 21.0. The number of benzene rings is 2.